The van der Waals surface area contributed by atoms with E-state index in [4.69, 9.17) is 11.6 Å². The van der Waals surface area contributed by atoms with E-state index >= 15 is 0 Å². The monoisotopic (exact) mass is 435 g/mol. The van der Waals surface area contributed by atoms with Crippen molar-refractivity contribution in [2.45, 2.75) is 92.9 Å². The maximum atomic E-state index is 13.4. The maximum Gasteiger partial charge on any atom is 0.241 e. The lowest BCUT2D eigenvalue weighted by molar-refractivity contribution is -0.139. The minimum absolute atomic E-state index is 0.110. The van der Waals surface area contributed by atoms with Crippen molar-refractivity contribution in [1.29, 1.82) is 0 Å². The van der Waals surface area contributed by atoms with Gasteiger partial charge in [0.2, 0.25) is 11.8 Å². The third-order valence-corrected chi connectivity index (χ3v) is 9.52. The molecule has 0 aromatic carbocycles. The van der Waals surface area contributed by atoms with Crippen LogP contribution in [0.4, 0.5) is 0 Å². The molecule has 7 unspecified atom stereocenters. The molecule has 8 heteroatoms. The summed E-state index contributed by atoms with van der Waals surface area (Å²) >= 11 is 6.57. The molecule has 6 fully saturated rings. The minimum atomic E-state index is -0.215. The molecule has 166 valence electrons. The number of amides is 2. The Bertz CT molecular complexity index is 730. The fraction of sp³-hybridized carbons (Fsp3) is 0.909. The molecule has 0 aromatic rings. The SMILES string of the molecule is O=C(C1CC2C(Cl)CCCC2N1)N1CCC2NNC(C(=O)N3CCCC34CC4)C2C1. The first-order chi connectivity index (χ1) is 14.6. The summed E-state index contributed by atoms with van der Waals surface area (Å²) in [5.74, 6) is 1.02. The lowest BCUT2D eigenvalue weighted by atomic mass is 9.84. The van der Waals surface area contributed by atoms with Crippen molar-refractivity contribution in [2.75, 3.05) is 19.6 Å². The van der Waals surface area contributed by atoms with Crippen LogP contribution in [-0.2, 0) is 9.59 Å². The number of hydrazine groups is 1. The van der Waals surface area contributed by atoms with Gasteiger partial charge in [-0.1, -0.05) is 6.42 Å². The van der Waals surface area contributed by atoms with Crippen molar-refractivity contribution < 1.29 is 9.59 Å². The van der Waals surface area contributed by atoms with Crippen LogP contribution in [0.2, 0.25) is 0 Å². The first-order valence-electron chi connectivity index (χ1n) is 12.1. The molecule has 7 atom stereocenters. The highest BCUT2D eigenvalue weighted by Crippen LogP contribution is 2.50. The topological polar surface area (TPSA) is 76.7 Å². The molecule has 0 radical (unpaired) electrons. The smallest absolute Gasteiger partial charge is 0.241 e. The summed E-state index contributed by atoms with van der Waals surface area (Å²) in [6.07, 6.45) is 9.71. The van der Waals surface area contributed by atoms with Crippen LogP contribution >= 0.6 is 11.6 Å². The number of carbonyl (C=O) groups is 2. The number of nitrogens with one attached hydrogen (secondary N) is 3. The van der Waals surface area contributed by atoms with Crippen molar-refractivity contribution in [2.24, 2.45) is 11.8 Å². The Morgan fingerprint density at radius 2 is 1.77 bits per heavy atom. The number of fused-ring (bicyclic) bond motifs is 2. The first kappa shape index (κ1) is 19.8. The van der Waals surface area contributed by atoms with Crippen LogP contribution in [0.3, 0.4) is 0 Å². The minimum Gasteiger partial charge on any atom is -0.341 e. The molecule has 2 amide bonds. The summed E-state index contributed by atoms with van der Waals surface area (Å²) in [5, 5.41) is 3.79. The third-order valence-electron chi connectivity index (χ3n) is 8.98. The van der Waals surface area contributed by atoms with E-state index in [0.717, 1.165) is 70.9 Å². The Labute approximate surface area is 183 Å². The number of alkyl halides is 1. The second-order valence-electron chi connectivity index (χ2n) is 10.6. The van der Waals surface area contributed by atoms with E-state index in [0.29, 0.717) is 18.5 Å². The number of hydrogen-bond acceptors (Lipinski definition) is 5. The molecule has 0 bridgehead atoms. The van der Waals surface area contributed by atoms with Crippen LogP contribution in [0.1, 0.15) is 57.8 Å². The molecule has 4 heterocycles. The Balaban J connectivity index is 1.13. The molecule has 6 aliphatic rings. The highest BCUT2D eigenvalue weighted by molar-refractivity contribution is 6.20. The van der Waals surface area contributed by atoms with E-state index in [1.807, 2.05) is 4.90 Å². The van der Waals surface area contributed by atoms with Crippen LogP contribution in [0.15, 0.2) is 0 Å². The highest BCUT2D eigenvalue weighted by Gasteiger charge is 2.56. The van der Waals surface area contributed by atoms with Gasteiger partial charge in [0.15, 0.2) is 0 Å². The Hall–Kier alpha value is -0.890. The predicted octanol–water partition coefficient (Wildman–Crippen LogP) is 0.973. The predicted molar refractivity (Wildman–Crippen MR) is 114 cm³/mol. The van der Waals surface area contributed by atoms with Crippen molar-refractivity contribution in [3.8, 4) is 0 Å². The number of piperidine rings is 1. The zero-order chi connectivity index (χ0) is 20.5. The largest absolute Gasteiger partial charge is 0.341 e. The number of carbonyl (C=O) groups excluding carboxylic acids is 2. The average molecular weight is 436 g/mol. The molecule has 4 saturated heterocycles. The molecule has 0 aromatic heterocycles. The average Bonchev–Trinajstić information content (AvgIpc) is 3.11. The molecular weight excluding hydrogens is 402 g/mol. The molecule has 6 rings (SSSR count). The van der Waals surface area contributed by atoms with E-state index in [2.05, 4.69) is 21.1 Å². The highest BCUT2D eigenvalue weighted by atomic mass is 35.5. The third kappa shape index (κ3) is 3.11. The number of rotatable bonds is 2. The zero-order valence-corrected chi connectivity index (χ0v) is 18.4. The van der Waals surface area contributed by atoms with Gasteiger partial charge in [0.25, 0.3) is 0 Å². The fourth-order valence-electron chi connectivity index (χ4n) is 7.09. The molecule has 7 nitrogen and oxygen atoms in total. The summed E-state index contributed by atoms with van der Waals surface area (Å²) in [6.45, 7) is 2.32. The van der Waals surface area contributed by atoms with Crippen LogP contribution in [-0.4, -0.2) is 76.3 Å². The maximum absolute atomic E-state index is 13.4. The zero-order valence-electron chi connectivity index (χ0n) is 17.6. The van der Waals surface area contributed by atoms with E-state index in [-0.39, 0.29) is 46.8 Å². The van der Waals surface area contributed by atoms with E-state index < -0.39 is 0 Å². The Morgan fingerprint density at radius 1 is 0.900 bits per heavy atom. The summed E-state index contributed by atoms with van der Waals surface area (Å²) in [4.78, 5) is 30.9. The van der Waals surface area contributed by atoms with E-state index in [1.165, 1.54) is 0 Å². The van der Waals surface area contributed by atoms with Crippen molar-refractivity contribution >= 4 is 23.4 Å². The summed E-state index contributed by atoms with van der Waals surface area (Å²) < 4.78 is 0. The van der Waals surface area contributed by atoms with E-state index in [9.17, 15) is 9.59 Å². The molecule has 3 N–H and O–H groups in total. The van der Waals surface area contributed by atoms with Crippen molar-refractivity contribution in [1.82, 2.24) is 26.0 Å². The Morgan fingerprint density at radius 3 is 2.57 bits per heavy atom. The van der Waals surface area contributed by atoms with Crippen molar-refractivity contribution in [3.05, 3.63) is 0 Å². The molecule has 2 aliphatic carbocycles. The second-order valence-corrected chi connectivity index (χ2v) is 11.2. The molecule has 2 saturated carbocycles. The molecule has 1 spiro atoms. The standard InChI is InChI=1S/C22H34ClN5O2/c23-15-3-1-4-16-13(15)11-18(24-16)20(29)27-10-5-17-14(12-27)19(26-25-17)21(30)28-9-2-6-22(28)7-8-22/h13-19,24-26H,1-12H2. The number of nitrogens with zero attached hydrogens (tertiary/aromatic N) is 2. The van der Waals surface area contributed by atoms with Gasteiger partial charge in [-0.15, -0.1) is 11.6 Å². The fourth-order valence-corrected chi connectivity index (χ4v) is 7.52. The normalized spacial score (nSPS) is 44.2. The summed E-state index contributed by atoms with van der Waals surface area (Å²) in [5.41, 5.74) is 6.84. The van der Waals surface area contributed by atoms with Gasteiger partial charge in [-0.25, -0.2) is 5.43 Å². The molecule has 30 heavy (non-hydrogen) atoms. The van der Waals surface area contributed by atoms with Gasteiger partial charge >= 0.3 is 0 Å². The second kappa shape index (κ2) is 7.32. The van der Waals surface area contributed by atoms with Gasteiger partial charge in [0.05, 0.1) is 6.04 Å². The number of hydrogen-bond donors (Lipinski definition) is 3. The van der Waals surface area contributed by atoms with Crippen molar-refractivity contribution in [3.63, 3.8) is 0 Å². The van der Waals surface area contributed by atoms with Gasteiger partial charge in [0, 0.05) is 48.6 Å². The lowest BCUT2D eigenvalue weighted by Gasteiger charge is -2.38. The summed E-state index contributed by atoms with van der Waals surface area (Å²) in [6, 6.07) is 0.335. The van der Waals surface area contributed by atoms with Gasteiger partial charge < -0.3 is 15.1 Å². The summed E-state index contributed by atoms with van der Waals surface area (Å²) in [7, 11) is 0. The van der Waals surface area contributed by atoms with Gasteiger partial charge in [-0.2, -0.15) is 0 Å². The lowest BCUT2D eigenvalue weighted by Crippen LogP contribution is -2.56. The van der Waals surface area contributed by atoms with Gasteiger partial charge in [0.1, 0.15) is 6.04 Å². The first-order valence-corrected chi connectivity index (χ1v) is 12.5. The Kier molecular flexibility index (Phi) is 4.83. The van der Waals surface area contributed by atoms with Crippen LogP contribution in [0, 0.1) is 11.8 Å². The number of likely N-dealkylation sites (tertiary alicyclic amines) is 2. The quantitative estimate of drug-likeness (QED) is 0.563. The van der Waals surface area contributed by atoms with E-state index in [1.54, 1.807) is 0 Å². The number of halogens is 1. The van der Waals surface area contributed by atoms with Crippen LogP contribution < -0.4 is 16.2 Å². The molecule has 4 aliphatic heterocycles. The van der Waals surface area contributed by atoms with Gasteiger partial charge in [-0.05, 0) is 57.3 Å². The van der Waals surface area contributed by atoms with Crippen LogP contribution in [0.25, 0.3) is 0 Å². The van der Waals surface area contributed by atoms with Crippen LogP contribution in [0.5, 0.6) is 0 Å². The molecular formula is C22H34ClN5O2. The van der Waals surface area contributed by atoms with Gasteiger partial charge in [-0.3, -0.25) is 15.0 Å².